The lowest BCUT2D eigenvalue weighted by atomic mass is 9.77. The third-order valence-electron chi connectivity index (χ3n) is 24.5. The fourth-order valence-corrected chi connectivity index (χ4v) is 18.2. The van der Waals surface area contributed by atoms with Crippen LogP contribution in [0.1, 0.15) is 139 Å². The van der Waals surface area contributed by atoms with Crippen molar-refractivity contribution in [2.75, 3.05) is 9.80 Å². The van der Waals surface area contributed by atoms with Crippen LogP contribution in [-0.2, 0) is 47.8 Å². The first-order chi connectivity index (χ1) is 51.2. The number of rotatable bonds is 18. The highest BCUT2D eigenvalue weighted by molar-refractivity contribution is 6.11. The SMILES string of the molecule is CCn1c2ccccc2c2cc(C(C)(C)c3cccc(N(c4cccc(C(C)(C)c5ccc6c(c5)c5ccccc5n6CC)c4)c4cc(C)c(N(c5cccc(C(C)(C)c6ccc7c(c6)c6ccccc6n7CC)c5)c5cccc(C(C)(C)c6ccc7c(c6)c6ccccc6n7CC)c5)c(C)c4)c3)ccc21. The average molecular weight is 1380 g/mol. The predicted molar refractivity (Wildman–Crippen MR) is 454 cm³/mol. The molecule has 0 aliphatic carbocycles. The van der Waals surface area contributed by atoms with Gasteiger partial charge in [-0.3, -0.25) is 0 Å². The molecule has 0 amide bonds. The third kappa shape index (κ3) is 10.8. The molecule has 106 heavy (non-hydrogen) atoms. The summed E-state index contributed by atoms with van der Waals surface area (Å²) < 4.78 is 9.81. The minimum Gasteiger partial charge on any atom is -0.341 e. The molecule has 0 saturated heterocycles. The molecule has 0 spiro atoms. The van der Waals surface area contributed by atoms with Gasteiger partial charge in [0.05, 0.1) is 5.69 Å². The Morgan fingerprint density at radius 1 is 0.217 bits per heavy atom. The molecule has 17 rings (SSSR count). The van der Waals surface area contributed by atoms with E-state index in [1.54, 1.807) is 0 Å². The largest absolute Gasteiger partial charge is 0.341 e. The number of aryl methyl sites for hydroxylation is 6. The topological polar surface area (TPSA) is 26.2 Å². The first kappa shape index (κ1) is 67.8. The van der Waals surface area contributed by atoms with Gasteiger partial charge < -0.3 is 28.1 Å². The summed E-state index contributed by atoms with van der Waals surface area (Å²) in [5.41, 5.74) is 27.8. The molecule has 0 atom stereocenters. The fraction of sp³-hybridized carbons (Fsp3) is 0.220. The maximum absolute atomic E-state index is 2.56. The van der Waals surface area contributed by atoms with Crippen LogP contribution >= 0.6 is 0 Å². The van der Waals surface area contributed by atoms with Gasteiger partial charge in [-0.05, 0) is 231 Å². The molecule has 4 aromatic heterocycles. The number of hydrogen-bond acceptors (Lipinski definition) is 2. The van der Waals surface area contributed by atoms with Gasteiger partial charge in [-0.15, -0.1) is 0 Å². The van der Waals surface area contributed by atoms with E-state index in [1.165, 1.54) is 132 Å². The summed E-state index contributed by atoms with van der Waals surface area (Å²) in [6.45, 7) is 36.5. The summed E-state index contributed by atoms with van der Waals surface area (Å²) in [6, 6.07) is 107. The minimum absolute atomic E-state index is 0.360. The molecule has 0 saturated carbocycles. The normalized spacial score (nSPS) is 12.6. The Morgan fingerprint density at radius 2 is 0.443 bits per heavy atom. The fourth-order valence-electron chi connectivity index (χ4n) is 18.2. The van der Waals surface area contributed by atoms with Crippen molar-refractivity contribution in [3.63, 3.8) is 0 Å². The van der Waals surface area contributed by atoms with E-state index in [0.29, 0.717) is 0 Å². The van der Waals surface area contributed by atoms with E-state index in [2.05, 4.69) is 404 Å². The van der Waals surface area contributed by atoms with Crippen molar-refractivity contribution in [3.8, 4) is 0 Å². The maximum Gasteiger partial charge on any atom is 0.0521 e. The highest BCUT2D eigenvalue weighted by Gasteiger charge is 2.33. The van der Waals surface area contributed by atoms with Gasteiger partial charge in [0.25, 0.3) is 0 Å². The van der Waals surface area contributed by atoms with Crippen LogP contribution in [-0.4, -0.2) is 18.3 Å². The molecular formula is C100H96N6. The Labute approximate surface area is 625 Å². The van der Waals surface area contributed by atoms with Gasteiger partial charge >= 0.3 is 0 Å². The van der Waals surface area contributed by atoms with Gasteiger partial charge in [0, 0.05) is 163 Å². The van der Waals surface area contributed by atoms with Gasteiger partial charge in [-0.2, -0.15) is 0 Å². The molecule has 13 aromatic carbocycles. The number of hydrogen-bond donors (Lipinski definition) is 0. The van der Waals surface area contributed by atoms with Crippen molar-refractivity contribution < 1.29 is 0 Å². The molecule has 6 heteroatoms. The molecule has 526 valence electrons. The molecule has 4 heterocycles. The van der Waals surface area contributed by atoms with Crippen molar-refractivity contribution >= 4 is 121 Å². The molecule has 6 nitrogen and oxygen atoms in total. The molecule has 17 aromatic rings. The Bertz CT molecular complexity index is 5950. The predicted octanol–water partition coefficient (Wildman–Crippen LogP) is 27.1. The molecule has 0 radical (unpaired) electrons. The monoisotopic (exact) mass is 1380 g/mol. The highest BCUT2D eigenvalue weighted by Crippen LogP contribution is 2.50. The smallest absolute Gasteiger partial charge is 0.0521 e. The summed E-state index contributed by atoms with van der Waals surface area (Å²) in [7, 11) is 0. The van der Waals surface area contributed by atoms with Crippen molar-refractivity contribution in [2.45, 2.75) is 145 Å². The van der Waals surface area contributed by atoms with E-state index in [9.17, 15) is 0 Å². The highest BCUT2D eigenvalue weighted by atomic mass is 15.2. The van der Waals surface area contributed by atoms with E-state index < -0.39 is 0 Å². The van der Waals surface area contributed by atoms with Crippen LogP contribution in [0.15, 0.2) is 279 Å². The zero-order chi connectivity index (χ0) is 73.3. The third-order valence-corrected chi connectivity index (χ3v) is 24.5. The van der Waals surface area contributed by atoms with Gasteiger partial charge in [-0.1, -0.05) is 201 Å². The van der Waals surface area contributed by atoms with E-state index >= 15 is 0 Å². The average Bonchev–Trinajstić information content (AvgIpc) is 1.32. The Hall–Kier alpha value is -11.3. The molecule has 0 aliphatic rings. The Balaban J connectivity index is 0.828. The Morgan fingerprint density at radius 3 is 0.698 bits per heavy atom. The number of benzene rings is 13. The second kappa shape index (κ2) is 25.8. The zero-order valence-corrected chi connectivity index (χ0v) is 64.1. The number of anilines is 6. The first-order valence-electron chi connectivity index (χ1n) is 38.4. The lowest BCUT2D eigenvalue weighted by Gasteiger charge is -2.35. The second-order valence-electron chi connectivity index (χ2n) is 31.8. The van der Waals surface area contributed by atoms with Crippen molar-refractivity contribution in [3.05, 3.63) is 335 Å². The van der Waals surface area contributed by atoms with Crippen molar-refractivity contribution in [1.82, 2.24) is 18.3 Å². The van der Waals surface area contributed by atoms with Gasteiger partial charge in [0.1, 0.15) is 0 Å². The Kier molecular flexibility index (Phi) is 16.5. The van der Waals surface area contributed by atoms with Crippen molar-refractivity contribution in [1.29, 1.82) is 0 Å². The molecular weight excluding hydrogens is 1290 g/mol. The second-order valence-corrected chi connectivity index (χ2v) is 31.8. The maximum atomic E-state index is 2.56. The number of para-hydroxylation sites is 4. The number of nitrogens with zero attached hydrogens (tertiary/aromatic N) is 6. The standard InChI is InChI=1S/C100H96N6/c1-15-101-88-43-23-19-39-80(88)84-61-71(47-51-92(84)101)97(7,8)67-31-27-35-75(57-67)105(76-36-28-32-68(58-76)98(9,10)72-48-52-93-85(62-72)81-40-20-24-44-89(81)102(93)16-2)79-55-65(5)96(66(6)56-79)106(77-37-29-33-69(59-77)99(11,12)73-49-53-94-86(63-73)82-41-21-25-45-90(82)103(94)17-3)78-38-30-34-70(60-78)100(13,14)74-50-54-95-87(64-74)83-42-22-26-46-91(83)104(95)18-4/h19-64H,15-18H2,1-14H3. The summed E-state index contributed by atoms with van der Waals surface area (Å²) in [5, 5.41) is 10.4. The van der Waals surface area contributed by atoms with Gasteiger partial charge in [0.15, 0.2) is 0 Å². The van der Waals surface area contributed by atoms with E-state index in [0.717, 1.165) is 71.4 Å². The minimum atomic E-state index is -0.361. The zero-order valence-electron chi connectivity index (χ0n) is 64.1. The van der Waals surface area contributed by atoms with E-state index in [1.807, 2.05) is 0 Å². The number of fused-ring (bicyclic) bond motifs is 12. The molecule has 0 aliphatic heterocycles. The van der Waals surface area contributed by atoms with E-state index in [4.69, 9.17) is 0 Å². The van der Waals surface area contributed by atoms with Crippen LogP contribution in [0.5, 0.6) is 0 Å². The van der Waals surface area contributed by atoms with E-state index in [-0.39, 0.29) is 21.7 Å². The van der Waals surface area contributed by atoms with Crippen molar-refractivity contribution in [2.24, 2.45) is 0 Å². The molecule has 0 fully saturated rings. The summed E-state index contributed by atoms with van der Waals surface area (Å²) >= 11 is 0. The summed E-state index contributed by atoms with van der Waals surface area (Å²) in [4.78, 5) is 5.09. The van der Waals surface area contributed by atoms with Crippen LogP contribution in [0.4, 0.5) is 34.1 Å². The van der Waals surface area contributed by atoms with Crippen LogP contribution < -0.4 is 9.80 Å². The first-order valence-corrected chi connectivity index (χ1v) is 38.4. The summed E-state index contributed by atoms with van der Waals surface area (Å²) in [6.07, 6.45) is 0. The van der Waals surface area contributed by atoms with Crippen LogP contribution in [0.25, 0.3) is 87.2 Å². The van der Waals surface area contributed by atoms with Crippen LogP contribution in [0, 0.1) is 13.8 Å². The molecule has 0 bridgehead atoms. The van der Waals surface area contributed by atoms with Crippen LogP contribution in [0.3, 0.4) is 0 Å². The molecule has 0 N–H and O–H groups in total. The quantitative estimate of drug-likeness (QED) is 0.0856. The summed E-state index contributed by atoms with van der Waals surface area (Å²) in [5.74, 6) is 0. The van der Waals surface area contributed by atoms with Crippen LogP contribution in [0.2, 0.25) is 0 Å². The molecule has 0 unspecified atom stereocenters. The van der Waals surface area contributed by atoms with Gasteiger partial charge in [0.2, 0.25) is 0 Å². The lowest BCUT2D eigenvalue weighted by molar-refractivity contribution is 0.641. The lowest BCUT2D eigenvalue weighted by Crippen LogP contribution is -2.22. The van der Waals surface area contributed by atoms with Gasteiger partial charge in [-0.25, -0.2) is 0 Å². The number of aromatic nitrogens is 4.